The van der Waals surface area contributed by atoms with Gasteiger partial charge in [0.2, 0.25) is 0 Å². The Kier molecular flexibility index (Phi) is 4.94. The molecule has 0 bridgehead atoms. The first-order valence-corrected chi connectivity index (χ1v) is 7.03. The zero-order chi connectivity index (χ0) is 15.2. The molecular formula is C15H14BrN3O2. The maximum absolute atomic E-state index is 11.8. The highest BCUT2D eigenvalue weighted by Gasteiger charge is 2.07. The molecule has 0 atom stereocenters. The Morgan fingerprint density at radius 1 is 0.905 bits per heavy atom. The maximum Gasteiger partial charge on any atom is 0.337 e. The molecule has 0 aliphatic heterocycles. The molecule has 0 aromatic heterocycles. The van der Waals surface area contributed by atoms with E-state index in [9.17, 15) is 9.59 Å². The fraction of sp³-hybridized carbons (Fsp3) is 0.0667. The largest absolute Gasteiger partial charge is 0.337 e. The van der Waals surface area contributed by atoms with E-state index in [1.807, 2.05) is 19.1 Å². The predicted octanol–water partition coefficient (Wildman–Crippen LogP) is 3.22. The molecule has 0 fully saturated rings. The van der Waals surface area contributed by atoms with Gasteiger partial charge >= 0.3 is 6.03 Å². The van der Waals surface area contributed by atoms with Gasteiger partial charge in [0.05, 0.1) is 0 Å². The molecule has 108 valence electrons. The number of aryl methyl sites for hydroxylation is 1. The van der Waals surface area contributed by atoms with Crippen LogP contribution < -0.4 is 16.2 Å². The summed E-state index contributed by atoms with van der Waals surface area (Å²) in [4.78, 5) is 23.4. The number of nitrogens with one attached hydrogen (secondary N) is 3. The standard InChI is InChI=1S/C15H14BrN3O2/c1-10-2-8-13(9-3-10)17-15(21)19-18-14(20)11-4-6-12(16)7-5-11/h2-9H,1H3,(H,18,20)(H2,17,19,21). The Balaban J connectivity index is 1.84. The first-order valence-electron chi connectivity index (χ1n) is 6.24. The third kappa shape index (κ3) is 4.61. The summed E-state index contributed by atoms with van der Waals surface area (Å²) in [6, 6.07) is 13.6. The Morgan fingerprint density at radius 3 is 2.14 bits per heavy atom. The number of urea groups is 1. The number of hydrogen-bond donors (Lipinski definition) is 3. The summed E-state index contributed by atoms with van der Waals surface area (Å²) >= 11 is 3.29. The van der Waals surface area contributed by atoms with Crippen molar-refractivity contribution in [3.8, 4) is 0 Å². The van der Waals surface area contributed by atoms with E-state index >= 15 is 0 Å². The summed E-state index contributed by atoms with van der Waals surface area (Å²) in [6.45, 7) is 1.96. The molecule has 2 aromatic carbocycles. The van der Waals surface area contributed by atoms with Crippen LogP contribution in [-0.2, 0) is 0 Å². The minimum atomic E-state index is -0.510. The number of carbonyl (C=O) groups is 2. The minimum Gasteiger partial charge on any atom is -0.307 e. The second-order valence-electron chi connectivity index (χ2n) is 4.41. The fourth-order valence-electron chi connectivity index (χ4n) is 1.59. The maximum atomic E-state index is 11.8. The predicted molar refractivity (Wildman–Crippen MR) is 84.9 cm³/mol. The molecule has 0 aliphatic carbocycles. The molecule has 3 amide bonds. The average molecular weight is 348 g/mol. The highest BCUT2D eigenvalue weighted by Crippen LogP contribution is 2.10. The van der Waals surface area contributed by atoms with E-state index in [2.05, 4.69) is 32.1 Å². The number of amides is 3. The topological polar surface area (TPSA) is 70.2 Å². The lowest BCUT2D eigenvalue weighted by molar-refractivity contribution is 0.0938. The summed E-state index contributed by atoms with van der Waals surface area (Å²) in [5, 5.41) is 2.61. The molecule has 0 unspecified atom stereocenters. The summed E-state index contributed by atoms with van der Waals surface area (Å²) in [5.41, 5.74) is 6.83. The third-order valence-corrected chi connectivity index (χ3v) is 3.23. The van der Waals surface area contributed by atoms with E-state index in [1.165, 1.54) is 0 Å². The van der Waals surface area contributed by atoms with E-state index in [1.54, 1.807) is 36.4 Å². The number of benzene rings is 2. The minimum absolute atomic E-state index is 0.387. The molecule has 0 aliphatic rings. The van der Waals surface area contributed by atoms with Crippen LogP contribution in [-0.4, -0.2) is 11.9 Å². The normalized spacial score (nSPS) is 9.81. The van der Waals surface area contributed by atoms with E-state index in [4.69, 9.17) is 0 Å². The zero-order valence-corrected chi connectivity index (χ0v) is 12.9. The van der Waals surface area contributed by atoms with Crippen LogP contribution in [0.4, 0.5) is 10.5 Å². The van der Waals surface area contributed by atoms with Gasteiger partial charge in [-0.3, -0.25) is 10.2 Å². The molecule has 0 saturated heterocycles. The second-order valence-corrected chi connectivity index (χ2v) is 5.32. The molecule has 2 rings (SSSR count). The van der Waals surface area contributed by atoms with Crippen molar-refractivity contribution in [2.24, 2.45) is 0 Å². The molecule has 0 radical (unpaired) electrons. The van der Waals surface area contributed by atoms with E-state index in [0.29, 0.717) is 11.3 Å². The number of carbonyl (C=O) groups excluding carboxylic acids is 2. The number of halogens is 1. The summed E-state index contributed by atoms with van der Waals surface area (Å²) in [7, 11) is 0. The van der Waals surface area contributed by atoms with Crippen molar-refractivity contribution in [1.82, 2.24) is 10.9 Å². The van der Waals surface area contributed by atoms with Crippen LogP contribution in [0, 0.1) is 6.92 Å². The van der Waals surface area contributed by atoms with Crippen molar-refractivity contribution in [1.29, 1.82) is 0 Å². The monoisotopic (exact) mass is 347 g/mol. The second kappa shape index (κ2) is 6.90. The van der Waals surface area contributed by atoms with Gasteiger partial charge in [-0.15, -0.1) is 0 Å². The van der Waals surface area contributed by atoms with Gasteiger partial charge in [0, 0.05) is 15.7 Å². The average Bonchev–Trinajstić information content (AvgIpc) is 2.48. The van der Waals surface area contributed by atoms with Gasteiger partial charge in [-0.1, -0.05) is 33.6 Å². The number of anilines is 1. The van der Waals surface area contributed by atoms with Gasteiger partial charge in [0.1, 0.15) is 0 Å². The molecule has 0 saturated carbocycles. The van der Waals surface area contributed by atoms with Crippen LogP contribution >= 0.6 is 15.9 Å². The SMILES string of the molecule is Cc1ccc(NC(=O)NNC(=O)c2ccc(Br)cc2)cc1. The molecule has 0 heterocycles. The fourth-order valence-corrected chi connectivity index (χ4v) is 1.85. The van der Waals surface area contributed by atoms with Crippen molar-refractivity contribution in [3.63, 3.8) is 0 Å². The number of rotatable bonds is 2. The first kappa shape index (κ1) is 15.1. The highest BCUT2D eigenvalue weighted by molar-refractivity contribution is 9.10. The smallest absolute Gasteiger partial charge is 0.307 e. The Labute approximate surface area is 130 Å². The summed E-state index contributed by atoms with van der Waals surface area (Å²) in [6.07, 6.45) is 0. The zero-order valence-electron chi connectivity index (χ0n) is 11.3. The van der Waals surface area contributed by atoms with Crippen molar-refractivity contribution >= 4 is 33.6 Å². The Bertz CT molecular complexity index is 639. The summed E-state index contributed by atoms with van der Waals surface area (Å²) < 4.78 is 0.879. The van der Waals surface area contributed by atoms with Crippen molar-refractivity contribution < 1.29 is 9.59 Å². The van der Waals surface area contributed by atoms with Gasteiger partial charge in [-0.25, -0.2) is 10.2 Å². The van der Waals surface area contributed by atoms with Crippen molar-refractivity contribution in [2.75, 3.05) is 5.32 Å². The third-order valence-electron chi connectivity index (χ3n) is 2.71. The van der Waals surface area contributed by atoms with Gasteiger partial charge in [-0.05, 0) is 43.3 Å². The lowest BCUT2D eigenvalue weighted by Crippen LogP contribution is -2.43. The van der Waals surface area contributed by atoms with E-state index < -0.39 is 6.03 Å². The molecule has 0 spiro atoms. The lowest BCUT2D eigenvalue weighted by Gasteiger charge is -2.09. The van der Waals surface area contributed by atoms with Crippen LogP contribution in [0.5, 0.6) is 0 Å². The van der Waals surface area contributed by atoms with Crippen LogP contribution in [0.15, 0.2) is 53.0 Å². The molecule has 5 nitrogen and oxygen atoms in total. The van der Waals surface area contributed by atoms with Crippen LogP contribution in [0.3, 0.4) is 0 Å². The molecular weight excluding hydrogens is 334 g/mol. The lowest BCUT2D eigenvalue weighted by atomic mass is 10.2. The van der Waals surface area contributed by atoms with Crippen LogP contribution in [0.25, 0.3) is 0 Å². The highest BCUT2D eigenvalue weighted by atomic mass is 79.9. The van der Waals surface area contributed by atoms with Gasteiger partial charge in [-0.2, -0.15) is 0 Å². The quantitative estimate of drug-likeness (QED) is 0.730. The molecule has 3 N–H and O–H groups in total. The summed E-state index contributed by atoms with van der Waals surface area (Å²) in [5.74, 6) is -0.387. The Morgan fingerprint density at radius 2 is 1.52 bits per heavy atom. The number of hydrazine groups is 1. The van der Waals surface area contributed by atoms with E-state index in [-0.39, 0.29) is 5.91 Å². The first-order chi connectivity index (χ1) is 10.0. The van der Waals surface area contributed by atoms with Gasteiger partial charge in [0.25, 0.3) is 5.91 Å². The Hall–Kier alpha value is -2.34. The molecule has 21 heavy (non-hydrogen) atoms. The van der Waals surface area contributed by atoms with E-state index in [0.717, 1.165) is 10.0 Å². The molecule has 6 heteroatoms. The number of hydrogen-bond acceptors (Lipinski definition) is 2. The van der Waals surface area contributed by atoms with Crippen LogP contribution in [0.2, 0.25) is 0 Å². The van der Waals surface area contributed by atoms with Crippen LogP contribution in [0.1, 0.15) is 15.9 Å². The molecule has 2 aromatic rings. The van der Waals surface area contributed by atoms with Crippen molar-refractivity contribution in [2.45, 2.75) is 6.92 Å². The van der Waals surface area contributed by atoms with Gasteiger partial charge in [0.15, 0.2) is 0 Å². The van der Waals surface area contributed by atoms with Crippen molar-refractivity contribution in [3.05, 3.63) is 64.1 Å². The van der Waals surface area contributed by atoms with Gasteiger partial charge < -0.3 is 5.32 Å².